The Morgan fingerprint density at radius 3 is 2.89 bits per heavy atom. The van der Waals surface area contributed by atoms with E-state index in [0.717, 1.165) is 48.3 Å². The average molecular weight is 313 g/mol. The Hall–Kier alpha value is -0.810. The molecule has 0 radical (unpaired) electrons. The molecule has 2 heterocycles. The minimum Gasteiger partial charge on any atom is -0.495 e. The number of aliphatic hydroxyl groups is 1. The van der Waals surface area contributed by atoms with E-state index in [1.807, 2.05) is 0 Å². The van der Waals surface area contributed by atoms with Gasteiger partial charge in [0.05, 0.1) is 17.7 Å². The van der Waals surface area contributed by atoms with Crippen LogP contribution in [0.5, 0.6) is 5.75 Å². The topological polar surface area (TPSA) is 54.4 Å². The summed E-state index contributed by atoms with van der Waals surface area (Å²) in [6.07, 6.45) is 5.33. The van der Waals surface area contributed by atoms with Gasteiger partial charge in [0.15, 0.2) is 0 Å². The highest BCUT2D eigenvalue weighted by Crippen LogP contribution is 2.51. The van der Waals surface area contributed by atoms with E-state index in [-0.39, 0.29) is 11.5 Å². The van der Waals surface area contributed by atoms with Crippen molar-refractivity contribution in [2.24, 2.45) is 0 Å². The van der Waals surface area contributed by atoms with E-state index in [0.29, 0.717) is 0 Å². The van der Waals surface area contributed by atoms with Gasteiger partial charge in [0.25, 0.3) is 0 Å². The van der Waals surface area contributed by atoms with E-state index in [4.69, 9.17) is 4.74 Å². The van der Waals surface area contributed by atoms with Gasteiger partial charge in [0.2, 0.25) is 0 Å². The molecule has 1 aliphatic carbocycles. The van der Waals surface area contributed by atoms with Gasteiger partial charge >= 0.3 is 0 Å². The number of pyridine rings is 1. The highest BCUT2D eigenvalue weighted by molar-refractivity contribution is 9.10. The first-order valence-corrected chi connectivity index (χ1v) is 7.10. The number of anilines is 1. The van der Waals surface area contributed by atoms with Crippen LogP contribution < -0.4 is 10.1 Å². The van der Waals surface area contributed by atoms with Crippen molar-refractivity contribution in [1.29, 1.82) is 0 Å². The summed E-state index contributed by atoms with van der Waals surface area (Å²) in [4.78, 5) is 4.44. The lowest BCUT2D eigenvalue weighted by Crippen LogP contribution is -2.35. The zero-order chi connectivity index (χ0) is 12.8. The summed E-state index contributed by atoms with van der Waals surface area (Å²) in [6.45, 7) is 0.898. The normalized spacial score (nSPS) is 30.1. The molecule has 1 spiro atoms. The number of aliphatic hydroxyl groups excluding tert-OH is 1. The molecule has 0 unspecified atom stereocenters. The van der Waals surface area contributed by atoms with Crippen LogP contribution in [0.3, 0.4) is 0 Å². The summed E-state index contributed by atoms with van der Waals surface area (Å²) in [5.74, 6) is 1.83. The van der Waals surface area contributed by atoms with Crippen molar-refractivity contribution in [3.63, 3.8) is 0 Å². The van der Waals surface area contributed by atoms with Crippen molar-refractivity contribution in [3.05, 3.63) is 16.2 Å². The second kappa shape index (κ2) is 4.38. The van der Waals surface area contributed by atoms with Gasteiger partial charge in [-0.05, 0) is 41.6 Å². The molecule has 0 bridgehead atoms. The first-order valence-electron chi connectivity index (χ1n) is 6.31. The van der Waals surface area contributed by atoms with Gasteiger partial charge in [-0.15, -0.1) is 0 Å². The van der Waals surface area contributed by atoms with Crippen molar-refractivity contribution in [3.8, 4) is 5.75 Å². The van der Waals surface area contributed by atoms with Gasteiger partial charge in [-0.2, -0.15) is 0 Å². The molecule has 18 heavy (non-hydrogen) atoms. The van der Waals surface area contributed by atoms with Gasteiger partial charge in [-0.25, -0.2) is 4.98 Å². The van der Waals surface area contributed by atoms with Crippen LogP contribution in [0.1, 0.15) is 31.2 Å². The van der Waals surface area contributed by atoms with Crippen LogP contribution in [0.25, 0.3) is 0 Å². The summed E-state index contributed by atoms with van der Waals surface area (Å²) < 4.78 is 6.45. The van der Waals surface area contributed by atoms with E-state index in [1.165, 1.54) is 5.56 Å². The Kier molecular flexibility index (Phi) is 2.98. The van der Waals surface area contributed by atoms with Crippen molar-refractivity contribution < 1.29 is 9.84 Å². The van der Waals surface area contributed by atoms with Gasteiger partial charge in [-0.1, -0.05) is 0 Å². The zero-order valence-corrected chi connectivity index (χ0v) is 12.0. The lowest BCUT2D eigenvalue weighted by molar-refractivity contribution is 0.0999. The van der Waals surface area contributed by atoms with Crippen LogP contribution >= 0.6 is 15.9 Å². The largest absolute Gasteiger partial charge is 0.495 e. The third kappa shape index (κ3) is 1.72. The summed E-state index contributed by atoms with van der Waals surface area (Å²) in [5.41, 5.74) is 1.27. The highest BCUT2D eigenvalue weighted by Gasteiger charge is 2.44. The summed E-state index contributed by atoms with van der Waals surface area (Å²) in [5, 5.41) is 13.1. The maximum absolute atomic E-state index is 9.71. The summed E-state index contributed by atoms with van der Waals surface area (Å²) in [6, 6.07) is 0. The molecule has 5 heteroatoms. The van der Waals surface area contributed by atoms with Gasteiger partial charge in [-0.3, -0.25) is 0 Å². The van der Waals surface area contributed by atoms with E-state index in [1.54, 1.807) is 13.3 Å². The molecule has 0 saturated heterocycles. The van der Waals surface area contributed by atoms with Crippen LogP contribution in [0.4, 0.5) is 5.82 Å². The fourth-order valence-corrected chi connectivity index (χ4v) is 3.68. The van der Waals surface area contributed by atoms with Crippen LogP contribution in [-0.4, -0.2) is 29.8 Å². The van der Waals surface area contributed by atoms with E-state index in [2.05, 4.69) is 26.2 Å². The molecular formula is C13H17BrN2O2. The van der Waals surface area contributed by atoms with Crippen molar-refractivity contribution in [2.75, 3.05) is 19.0 Å². The predicted octanol–water partition coefficient (Wildman–Crippen LogP) is 2.45. The van der Waals surface area contributed by atoms with Crippen molar-refractivity contribution in [2.45, 2.75) is 37.2 Å². The Labute approximate surface area is 115 Å². The molecule has 1 fully saturated rings. The first kappa shape index (κ1) is 12.2. The number of hydrogen-bond acceptors (Lipinski definition) is 4. The molecule has 0 aromatic carbocycles. The number of nitrogens with one attached hydrogen (secondary N) is 1. The maximum Gasteiger partial charge on any atom is 0.142 e. The third-order valence-corrected chi connectivity index (χ3v) is 4.79. The lowest BCUT2D eigenvalue weighted by Gasteiger charge is -2.36. The van der Waals surface area contributed by atoms with Gasteiger partial charge in [0, 0.05) is 23.7 Å². The molecule has 0 atom stereocenters. The monoisotopic (exact) mass is 312 g/mol. The van der Waals surface area contributed by atoms with Crippen LogP contribution in [0.2, 0.25) is 0 Å². The predicted molar refractivity (Wildman–Crippen MR) is 73.1 cm³/mol. The molecule has 1 aromatic rings. The lowest BCUT2D eigenvalue weighted by atomic mass is 9.70. The molecule has 2 N–H and O–H groups in total. The number of nitrogens with zero attached hydrogens (tertiary/aromatic N) is 1. The van der Waals surface area contributed by atoms with Gasteiger partial charge < -0.3 is 15.2 Å². The summed E-state index contributed by atoms with van der Waals surface area (Å²) >= 11 is 3.51. The molecule has 1 saturated carbocycles. The molecule has 1 aromatic heterocycles. The Morgan fingerprint density at radius 2 is 2.22 bits per heavy atom. The minimum atomic E-state index is -0.147. The second-order valence-corrected chi connectivity index (χ2v) is 6.08. The van der Waals surface area contributed by atoms with E-state index in [9.17, 15) is 5.11 Å². The van der Waals surface area contributed by atoms with E-state index < -0.39 is 0 Å². The highest BCUT2D eigenvalue weighted by atomic mass is 79.9. The van der Waals surface area contributed by atoms with Crippen LogP contribution in [-0.2, 0) is 5.41 Å². The smallest absolute Gasteiger partial charge is 0.142 e. The first-order chi connectivity index (χ1) is 8.66. The number of rotatable bonds is 1. The SMILES string of the molecule is COc1c(Br)cnc2c1C1(CCC(O)CC1)CN2. The number of halogens is 1. The molecule has 2 aliphatic rings. The van der Waals surface area contributed by atoms with Crippen LogP contribution in [0.15, 0.2) is 10.7 Å². The van der Waals surface area contributed by atoms with Crippen molar-refractivity contribution >= 4 is 21.7 Å². The van der Waals surface area contributed by atoms with E-state index >= 15 is 0 Å². The minimum absolute atomic E-state index is 0.0800. The molecule has 4 nitrogen and oxygen atoms in total. The fourth-order valence-electron chi connectivity index (χ4n) is 3.22. The van der Waals surface area contributed by atoms with Gasteiger partial charge in [0.1, 0.15) is 11.6 Å². The maximum atomic E-state index is 9.71. The Balaban J connectivity index is 2.07. The van der Waals surface area contributed by atoms with Crippen molar-refractivity contribution in [1.82, 2.24) is 4.98 Å². The zero-order valence-electron chi connectivity index (χ0n) is 10.4. The fraction of sp³-hybridized carbons (Fsp3) is 0.615. The number of methoxy groups -OCH3 is 1. The Bertz CT molecular complexity index is 470. The molecular weight excluding hydrogens is 296 g/mol. The molecule has 3 rings (SSSR count). The molecule has 1 aliphatic heterocycles. The number of ether oxygens (including phenoxy) is 1. The second-order valence-electron chi connectivity index (χ2n) is 5.23. The number of fused-ring (bicyclic) bond motifs is 2. The average Bonchev–Trinajstić information content (AvgIpc) is 2.73. The Morgan fingerprint density at radius 1 is 1.50 bits per heavy atom. The number of hydrogen-bond donors (Lipinski definition) is 2. The van der Waals surface area contributed by atoms with Crippen LogP contribution in [0, 0.1) is 0 Å². The third-order valence-electron chi connectivity index (χ3n) is 4.23. The molecule has 0 amide bonds. The quantitative estimate of drug-likeness (QED) is 0.836. The standard InChI is InChI=1S/C13H17BrN2O2/c1-18-11-9(14)6-15-12-10(11)13(7-16-12)4-2-8(17)3-5-13/h6,8,17H,2-5,7H2,1H3,(H,15,16). The number of aromatic nitrogens is 1. The molecule has 98 valence electrons. The summed E-state index contributed by atoms with van der Waals surface area (Å²) in [7, 11) is 1.70.